The molecule has 0 saturated carbocycles. The highest BCUT2D eigenvalue weighted by molar-refractivity contribution is 7.98. The van der Waals surface area contributed by atoms with Crippen molar-refractivity contribution in [3.63, 3.8) is 0 Å². The Morgan fingerprint density at radius 2 is 1.91 bits per heavy atom. The van der Waals surface area contributed by atoms with Crippen molar-refractivity contribution in [1.29, 1.82) is 0 Å². The smallest absolute Gasteiger partial charge is 0.281 e. The number of sulfonamides is 1. The summed E-state index contributed by atoms with van der Waals surface area (Å²) >= 11 is 6.94. The van der Waals surface area contributed by atoms with Gasteiger partial charge in [-0.1, -0.05) is 35.5 Å². The summed E-state index contributed by atoms with van der Waals surface area (Å²) in [6, 6.07) is 14.8. The highest BCUT2D eigenvalue weighted by Gasteiger charge is 2.21. The number of thioether (sulfide) groups is 1. The van der Waals surface area contributed by atoms with E-state index < -0.39 is 21.4 Å². The number of fused-ring (bicyclic) bond motifs is 2. The number of halogens is 2. The van der Waals surface area contributed by atoms with Crippen molar-refractivity contribution in [3.05, 3.63) is 93.0 Å². The van der Waals surface area contributed by atoms with Crippen LogP contribution in [0.1, 0.15) is 11.1 Å². The van der Waals surface area contributed by atoms with E-state index >= 15 is 0 Å². The van der Waals surface area contributed by atoms with Crippen LogP contribution < -0.4 is 15.1 Å². The Morgan fingerprint density at radius 1 is 1.14 bits per heavy atom. The lowest BCUT2D eigenvalue weighted by molar-refractivity contribution is -0.0171. The first kappa shape index (κ1) is 23.6. The van der Waals surface area contributed by atoms with Gasteiger partial charge >= 0.3 is 0 Å². The first-order valence-electron chi connectivity index (χ1n) is 10.3. The topological polar surface area (TPSA) is 99.5 Å². The summed E-state index contributed by atoms with van der Waals surface area (Å²) < 4.78 is 51.9. The third-order valence-corrected chi connectivity index (χ3v) is 7.74. The largest absolute Gasteiger partial charge is 0.467 e. The number of para-hydroxylation sites is 1. The predicted molar refractivity (Wildman–Crippen MR) is 130 cm³/mol. The fraction of sp³-hybridized carbons (Fsp3) is 0.130. The Balaban J connectivity index is 1.55. The molecule has 0 fully saturated rings. The van der Waals surface area contributed by atoms with Gasteiger partial charge in [-0.15, -0.1) is 0 Å². The number of aromatic nitrogens is 2. The second kappa shape index (κ2) is 9.50. The summed E-state index contributed by atoms with van der Waals surface area (Å²) in [7, 11) is -4.15. The zero-order valence-electron chi connectivity index (χ0n) is 17.9. The molecule has 1 aliphatic rings. The zero-order chi connectivity index (χ0) is 24.6. The Kier molecular flexibility index (Phi) is 6.41. The monoisotopic (exact) mass is 533 g/mol. The zero-order valence-corrected chi connectivity index (χ0v) is 20.3. The number of benzene rings is 3. The predicted octanol–water partition coefficient (Wildman–Crippen LogP) is 4.28. The number of hydrogen-bond acceptors (Lipinski definition) is 7. The molecule has 35 heavy (non-hydrogen) atoms. The summed E-state index contributed by atoms with van der Waals surface area (Å²) in [5, 5.41) is 0.686. The number of hydrogen-bond donors (Lipinski definition) is 1. The van der Waals surface area contributed by atoms with E-state index in [1.807, 2.05) is 0 Å². The quantitative estimate of drug-likeness (QED) is 0.292. The summed E-state index contributed by atoms with van der Waals surface area (Å²) in [5.74, 6) is 0.204. The molecule has 5 rings (SSSR count). The lowest BCUT2D eigenvalue weighted by Crippen LogP contribution is -2.35. The molecular weight excluding hydrogens is 517 g/mol. The molecule has 4 aromatic rings. The molecule has 0 radical (unpaired) electrons. The van der Waals surface area contributed by atoms with Gasteiger partial charge in [0.15, 0.2) is 11.9 Å². The van der Waals surface area contributed by atoms with Gasteiger partial charge < -0.3 is 9.47 Å². The number of nitrogens with zero attached hydrogens (tertiary/aromatic N) is 2. The van der Waals surface area contributed by atoms with Crippen LogP contribution in [0.15, 0.2) is 75.5 Å². The highest BCUT2D eigenvalue weighted by Crippen LogP contribution is 2.33. The maximum absolute atomic E-state index is 14.2. The number of ether oxygens (including phenoxy) is 2. The Morgan fingerprint density at radius 3 is 2.71 bits per heavy atom. The van der Waals surface area contributed by atoms with E-state index in [0.717, 1.165) is 16.4 Å². The molecule has 3 aromatic carbocycles. The van der Waals surface area contributed by atoms with E-state index in [9.17, 15) is 17.6 Å². The molecule has 8 nitrogen and oxygen atoms in total. The van der Waals surface area contributed by atoms with Crippen LogP contribution in [0.2, 0.25) is 5.02 Å². The average Bonchev–Trinajstić information content (AvgIpc) is 2.84. The molecule has 0 atom stereocenters. The number of rotatable bonds is 6. The van der Waals surface area contributed by atoms with Gasteiger partial charge in [0.1, 0.15) is 11.6 Å². The summed E-state index contributed by atoms with van der Waals surface area (Å²) in [6.45, 7) is 0.251. The average molecular weight is 534 g/mol. The van der Waals surface area contributed by atoms with Crippen LogP contribution in [0.5, 0.6) is 5.75 Å². The van der Waals surface area contributed by atoms with E-state index in [1.165, 1.54) is 36.4 Å². The third kappa shape index (κ3) is 4.85. The van der Waals surface area contributed by atoms with E-state index in [0.29, 0.717) is 27.4 Å². The van der Waals surface area contributed by atoms with Crippen molar-refractivity contribution in [2.75, 3.05) is 11.6 Å². The van der Waals surface area contributed by atoms with Gasteiger partial charge in [-0.25, -0.2) is 14.2 Å². The fourth-order valence-electron chi connectivity index (χ4n) is 3.58. The van der Waals surface area contributed by atoms with E-state index in [1.54, 1.807) is 24.3 Å². The first-order chi connectivity index (χ1) is 16.8. The SMILES string of the molecule is O=c1c2ccccc2nc(SCc2cc(F)cc3c2OCOC3)n1NS(=O)(=O)c1ccc(Cl)cc1. The van der Waals surface area contributed by atoms with Crippen molar-refractivity contribution in [2.24, 2.45) is 0 Å². The lowest BCUT2D eigenvalue weighted by Gasteiger charge is -2.21. The molecule has 0 aliphatic carbocycles. The standard InChI is InChI=1S/C23H17ClFN3O5S2/c24-16-5-7-18(8-6-16)35(30,31)27-28-22(29)19-3-1-2-4-20(19)26-23(28)34-12-15-10-17(25)9-14-11-32-13-33-21(14)15/h1-10,27H,11-13H2. The normalized spacial score (nSPS) is 13.3. The van der Waals surface area contributed by atoms with E-state index in [-0.39, 0.29) is 34.6 Å². The van der Waals surface area contributed by atoms with Crippen LogP contribution in [-0.2, 0) is 27.1 Å². The van der Waals surface area contributed by atoms with Gasteiger partial charge in [-0.2, -0.15) is 13.1 Å². The van der Waals surface area contributed by atoms with Crippen LogP contribution >= 0.6 is 23.4 Å². The summed E-state index contributed by atoms with van der Waals surface area (Å²) in [4.78, 5) is 20.0. The van der Waals surface area contributed by atoms with E-state index in [4.69, 9.17) is 21.1 Å². The molecule has 0 amide bonds. The van der Waals surface area contributed by atoms with Gasteiger partial charge in [0.25, 0.3) is 15.6 Å². The molecular formula is C23H17ClFN3O5S2. The minimum atomic E-state index is -4.15. The molecule has 1 aliphatic heterocycles. The maximum atomic E-state index is 14.2. The molecule has 0 bridgehead atoms. The molecule has 1 aromatic heterocycles. The second-order valence-corrected chi connectivity index (χ2v) is 10.6. The van der Waals surface area contributed by atoms with Gasteiger partial charge in [0.05, 0.1) is 22.4 Å². The van der Waals surface area contributed by atoms with Crippen molar-refractivity contribution in [2.45, 2.75) is 22.4 Å². The molecule has 0 saturated heterocycles. The fourth-order valence-corrected chi connectivity index (χ4v) is 5.70. The van der Waals surface area contributed by atoms with Crippen molar-refractivity contribution in [3.8, 4) is 5.75 Å². The molecule has 2 heterocycles. The van der Waals surface area contributed by atoms with Crippen molar-refractivity contribution >= 4 is 44.3 Å². The number of nitrogens with one attached hydrogen (secondary N) is 1. The van der Waals surface area contributed by atoms with Crippen molar-refractivity contribution in [1.82, 2.24) is 9.66 Å². The third-order valence-electron chi connectivity index (χ3n) is 5.19. The Bertz CT molecular complexity index is 1590. The van der Waals surface area contributed by atoms with Gasteiger partial charge in [0.2, 0.25) is 0 Å². The van der Waals surface area contributed by atoms with Crippen LogP contribution in [0, 0.1) is 5.82 Å². The minimum Gasteiger partial charge on any atom is -0.467 e. The molecule has 0 spiro atoms. The molecule has 12 heteroatoms. The Hall–Kier alpha value is -3.12. The van der Waals surface area contributed by atoms with E-state index in [2.05, 4.69) is 9.82 Å². The van der Waals surface area contributed by atoms with Crippen LogP contribution in [0.3, 0.4) is 0 Å². The maximum Gasteiger partial charge on any atom is 0.281 e. The summed E-state index contributed by atoms with van der Waals surface area (Å²) in [6.07, 6.45) is 0. The van der Waals surface area contributed by atoms with Crippen LogP contribution in [0.4, 0.5) is 4.39 Å². The second-order valence-electron chi connectivity index (χ2n) is 7.55. The lowest BCUT2D eigenvalue weighted by atomic mass is 10.1. The van der Waals surface area contributed by atoms with Gasteiger partial charge in [0, 0.05) is 21.9 Å². The molecule has 180 valence electrons. The molecule has 0 unspecified atom stereocenters. The molecule has 1 N–H and O–H groups in total. The summed E-state index contributed by atoms with van der Waals surface area (Å²) in [5.41, 5.74) is 0.899. The van der Waals surface area contributed by atoms with Crippen molar-refractivity contribution < 1.29 is 22.3 Å². The van der Waals surface area contributed by atoms with Gasteiger partial charge in [-0.05, 0) is 48.5 Å². The van der Waals surface area contributed by atoms with Gasteiger partial charge in [-0.3, -0.25) is 4.79 Å². The first-order valence-corrected chi connectivity index (χ1v) is 13.1. The minimum absolute atomic E-state index is 0.0378. The Labute approximate surface area is 208 Å². The van der Waals surface area contributed by atoms with Crippen LogP contribution in [-0.4, -0.2) is 24.9 Å². The van der Waals surface area contributed by atoms with Crippen LogP contribution in [0.25, 0.3) is 10.9 Å². The highest BCUT2D eigenvalue weighted by atomic mass is 35.5.